The van der Waals surface area contributed by atoms with Crippen molar-refractivity contribution in [3.63, 3.8) is 0 Å². The fourth-order valence-electron chi connectivity index (χ4n) is 5.90. The quantitative estimate of drug-likeness (QED) is 0.121. The number of carbonyl (C=O) groups is 5. The summed E-state index contributed by atoms with van der Waals surface area (Å²) in [5, 5.41) is 29.4. The molecule has 5 N–H and O–H groups in total. The summed E-state index contributed by atoms with van der Waals surface area (Å²) in [4.78, 5) is 65.4. The number of unbranched alkanes of at least 4 members (excludes halogenated alkanes) is 10. The third-order valence-corrected chi connectivity index (χ3v) is 9.09. The molecular formula is C35H63N3O9. The van der Waals surface area contributed by atoms with E-state index in [4.69, 9.17) is 9.47 Å². The highest BCUT2D eigenvalue weighted by Crippen LogP contribution is 2.25. The van der Waals surface area contributed by atoms with Crippen molar-refractivity contribution in [2.75, 3.05) is 0 Å². The number of ether oxygens (including phenoxy) is 2. The predicted molar refractivity (Wildman–Crippen MR) is 179 cm³/mol. The van der Waals surface area contributed by atoms with Gasteiger partial charge in [-0.3, -0.25) is 19.2 Å². The summed E-state index contributed by atoms with van der Waals surface area (Å²) >= 11 is 0. The molecule has 1 heterocycles. The number of hydrogen-bond acceptors (Lipinski definition) is 9. The number of cyclic esters (lactones) is 1. The van der Waals surface area contributed by atoms with Crippen LogP contribution in [0.15, 0.2) is 0 Å². The molecule has 1 aliphatic rings. The number of carbonyl (C=O) groups excluding carboxylic acids is 5. The van der Waals surface area contributed by atoms with E-state index >= 15 is 0 Å². The van der Waals surface area contributed by atoms with E-state index in [-0.39, 0.29) is 0 Å². The summed E-state index contributed by atoms with van der Waals surface area (Å²) in [6.07, 6.45) is 8.28. The van der Waals surface area contributed by atoms with E-state index in [0.717, 1.165) is 19.3 Å². The lowest BCUT2D eigenvalue weighted by Crippen LogP contribution is -2.61. The molecule has 0 saturated carbocycles. The minimum Gasteiger partial charge on any atom is -0.460 e. The van der Waals surface area contributed by atoms with Gasteiger partial charge in [-0.15, -0.1) is 0 Å². The number of aliphatic hydroxyl groups is 2. The Labute approximate surface area is 281 Å². The zero-order valence-corrected chi connectivity index (χ0v) is 30.0. The Kier molecular flexibility index (Phi) is 19.8. The van der Waals surface area contributed by atoms with Crippen LogP contribution < -0.4 is 16.0 Å². The molecule has 272 valence electrons. The van der Waals surface area contributed by atoms with E-state index in [1.54, 1.807) is 27.7 Å². The Morgan fingerprint density at radius 2 is 1.23 bits per heavy atom. The van der Waals surface area contributed by atoms with E-state index in [0.29, 0.717) is 12.8 Å². The Bertz CT molecular complexity index is 989. The molecule has 0 spiro atoms. The highest BCUT2D eigenvalue weighted by atomic mass is 16.6. The number of amides is 3. The minimum atomic E-state index is -1.50. The number of hydrogen-bond donors (Lipinski definition) is 5. The van der Waals surface area contributed by atoms with E-state index in [1.807, 2.05) is 0 Å². The Morgan fingerprint density at radius 3 is 1.72 bits per heavy atom. The van der Waals surface area contributed by atoms with Gasteiger partial charge in [0.15, 0.2) is 6.04 Å². The molecule has 9 atom stereocenters. The van der Waals surface area contributed by atoms with Gasteiger partial charge < -0.3 is 35.6 Å². The molecule has 12 nitrogen and oxygen atoms in total. The number of esters is 2. The fourth-order valence-corrected chi connectivity index (χ4v) is 5.90. The molecular weight excluding hydrogens is 606 g/mol. The van der Waals surface area contributed by atoms with Gasteiger partial charge in [-0.2, -0.15) is 0 Å². The molecule has 12 heteroatoms. The molecule has 0 aromatic heterocycles. The summed E-state index contributed by atoms with van der Waals surface area (Å²) in [6.45, 7) is 12.8. The number of aliphatic hydroxyl groups excluding tert-OH is 2. The van der Waals surface area contributed by atoms with E-state index in [2.05, 4.69) is 22.9 Å². The summed E-state index contributed by atoms with van der Waals surface area (Å²) < 4.78 is 11.2. The summed E-state index contributed by atoms with van der Waals surface area (Å²) in [5.41, 5.74) is 0. The smallest absolute Gasteiger partial charge is 0.332 e. The van der Waals surface area contributed by atoms with Crippen LogP contribution in [0, 0.1) is 17.8 Å². The van der Waals surface area contributed by atoms with E-state index < -0.39 is 90.0 Å². The molecule has 1 aliphatic heterocycles. The molecule has 0 aromatic rings. The molecule has 1 fully saturated rings. The molecule has 1 rings (SSSR count). The normalized spacial score (nSPS) is 27.9. The Hall–Kier alpha value is -2.73. The van der Waals surface area contributed by atoms with Crippen LogP contribution >= 0.6 is 0 Å². The Morgan fingerprint density at radius 1 is 0.766 bits per heavy atom. The van der Waals surface area contributed by atoms with Crippen molar-refractivity contribution >= 4 is 29.7 Å². The van der Waals surface area contributed by atoms with Crippen LogP contribution in [0.5, 0.6) is 0 Å². The van der Waals surface area contributed by atoms with Crippen molar-refractivity contribution in [1.82, 2.24) is 16.0 Å². The van der Waals surface area contributed by atoms with Crippen molar-refractivity contribution in [2.45, 2.75) is 175 Å². The topological polar surface area (TPSA) is 180 Å². The highest BCUT2D eigenvalue weighted by Gasteiger charge is 2.41. The molecule has 0 aliphatic carbocycles. The molecule has 0 aromatic carbocycles. The third kappa shape index (κ3) is 14.9. The summed E-state index contributed by atoms with van der Waals surface area (Å²) in [5.74, 6) is -5.84. The van der Waals surface area contributed by atoms with Crippen molar-refractivity contribution in [3.8, 4) is 0 Å². The van der Waals surface area contributed by atoms with E-state index in [9.17, 15) is 34.2 Å². The maximum absolute atomic E-state index is 13.7. The summed E-state index contributed by atoms with van der Waals surface area (Å²) in [7, 11) is 0. The van der Waals surface area contributed by atoms with Crippen molar-refractivity contribution in [1.29, 1.82) is 0 Å². The lowest BCUT2D eigenvalue weighted by atomic mass is 9.86. The highest BCUT2D eigenvalue weighted by molar-refractivity contribution is 5.94. The number of nitrogens with one attached hydrogen (secondary N) is 3. The molecule has 3 amide bonds. The lowest BCUT2D eigenvalue weighted by molar-refractivity contribution is -0.166. The first kappa shape index (κ1) is 42.3. The predicted octanol–water partition coefficient (Wildman–Crippen LogP) is 3.69. The van der Waals surface area contributed by atoms with Gasteiger partial charge in [-0.05, 0) is 32.6 Å². The summed E-state index contributed by atoms with van der Waals surface area (Å²) in [6, 6.07) is -4.05. The lowest BCUT2D eigenvalue weighted by Gasteiger charge is -2.33. The first-order valence-electron chi connectivity index (χ1n) is 17.8. The van der Waals surface area contributed by atoms with Crippen LogP contribution in [-0.4, -0.2) is 82.4 Å². The van der Waals surface area contributed by atoms with Crippen LogP contribution in [0.1, 0.15) is 132 Å². The van der Waals surface area contributed by atoms with Gasteiger partial charge in [-0.1, -0.05) is 98.8 Å². The minimum absolute atomic E-state index is 0.399. The monoisotopic (exact) mass is 669 g/mol. The van der Waals surface area contributed by atoms with Crippen LogP contribution in [-0.2, 0) is 33.4 Å². The zero-order valence-electron chi connectivity index (χ0n) is 30.0. The first-order valence-corrected chi connectivity index (χ1v) is 17.8. The second-order valence-corrected chi connectivity index (χ2v) is 13.7. The molecule has 0 bridgehead atoms. The number of rotatable bonds is 16. The fraction of sp³-hybridized carbons (Fsp3) is 0.857. The van der Waals surface area contributed by atoms with Crippen LogP contribution in [0.25, 0.3) is 0 Å². The van der Waals surface area contributed by atoms with Gasteiger partial charge in [-0.25, -0.2) is 4.79 Å². The first-order chi connectivity index (χ1) is 22.1. The van der Waals surface area contributed by atoms with Crippen molar-refractivity contribution in [3.05, 3.63) is 0 Å². The van der Waals surface area contributed by atoms with Gasteiger partial charge in [0.25, 0.3) is 0 Å². The maximum Gasteiger partial charge on any atom is 0.332 e. The second kappa shape index (κ2) is 22.0. The SMILES string of the molecule is CCCCCCCCCCCCC[C@H]1OC(=O)[C@H]([C@@H](C)OC(C)=O)NC(=O)[C@H]([C@@H](C)O)NC(=O)[C@H](C(C)C)NC(=O)[C@H](C)[C@H](O)[C@H]1C. The molecule has 1 saturated heterocycles. The van der Waals surface area contributed by atoms with Gasteiger partial charge in [0.1, 0.15) is 24.3 Å². The van der Waals surface area contributed by atoms with Crippen LogP contribution in [0.4, 0.5) is 0 Å². The standard InChI is InChI=1S/C35H63N3O9/c1-9-10-11-12-13-14-15-16-17-18-19-20-27-22(4)31(41)23(5)32(42)36-28(21(2)3)33(43)37-29(24(6)39)34(44)38-30(35(45)47-27)25(7)46-26(8)40/h21-25,27-31,39,41H,9-20H2,1-8H3,(H,36,42)(H,37,43)(H,38,44)/t22-,23+,24+,25+,27+,28-,29-,30-,31+/m0/s1. The van der Waals surface area contributed by atoms with Gasteiger partial charge in [0, 0.05) is 12.8 Å². The zero-order chi connectivity index (χ0) is 35.7. The third-order valence-electron chi connectivity index (χ3n) is 9.09. The van der Waals surface area contributed by atoms with Crippen LogP contribution in [0.2, 0.25) is 0 Å². The van der Waals surface area contributed by atoms with Crippen molar-refractivity contribution in [2.24, 2.45) is 17.8 Å². The average molecular weight is 670 g/mol. The van der Waals surface area contributed by atoms with Crippen LogP contribution in [0.3, 0.4) is 0 Å². The molecule has 0 unspecified atom stereocenters. The Balaban J connectivity index is 3.26. The largest absolute Gasteiger partial charge is 0.460 e. The van der Waals surface area contributed by atoms with Gasteiger partial charge >= 0.3 is 11.9 Å². The molecule has 0 radical (unpaired) electrons. The van der Waals surface area contributed by atoms with Gasteiger partial charge in [0.05, 0.1) is 18.1 Å². The van der Waals surface area contributed by atoms with E-state index in [1.165, 1.54) is 65.7 Å². The molecule has 47 heavy (non-hydrogen) atoms. The maximum atomic E-state index is 13.7. The van der Waals surface area contributed by atoms with Gasteiger partial charge in [0.2, 0.25) is 17.7 Å². The second-order valence-electron chi connectivity index (χ2n) is 13.7. The van der Waals surface area contributed by atoms with Crippen molar-refractivity contribution < 1.29 is 43.7 Å². The average Bonchev–Trinajstić information content (AvgIpc) is 3.00.